The highest BCUT2D eigenvalue weighted by Crippen LogP contribution is 2.60. The van der Waals surface area contributed by atoms with Crippen LogP contribution in [-0.4, -0.2) is 14.8 Å². The highest BCUT2D eigenvalue weighted by atomic mass is 32.1. The normalized spacial score (nSPS) is 31.4. The summed E-state index contributed by atoms with van der Waals surface area (Å²) in [7, 11) is 0. The molecule has 0 spiro atoms. The lowest BCUT2D eigenvalue weighted by Gasteiger charge is -2.56. The van der Waals surface area contributed by atoms with Crippen LogP contribution >= 0.6 is 11.3 Å². The molecule has 6 rings (SSSR count). The quantitative estimate of drug-likeness (QED) is 0.645. The van der Waals surface area contributed by atoms with Crippen molar-refractivity contribution in [1.82, 2.24) is 14.8 Å². The van der Waals surface area contributed by atoms with Crippen molar-refractivity contribution in [1.29, 1.82) is 5.26 Å². The third-order valence-corrected chi connectivity index (χ3v) is 8.34. The van der Waals surface area contributed by atoms with Crippen molar-refractivity contribution in [2.24, 2.45) is 17.8 Å². The van der Waals surface area contributed by atoms with Gasteiger partial charge in [-0.2, -0.15) is 10.4 Å². The van der Waals surface area contributed by atoms with Gasteiger partial charge in [0.15, 0.2) is 0 Å². The molecule has 0 amide bonds. The molecule has 0 aromatic carbocycles. The number of aryl methyl sites for hydroxylation is 2. The van der Waals surface area contributed by atoms with Crippen LogP contribution in [0.25, 0.3) is 11.6 Å². The Hall–Kier alpha value is -1.93. The summed E-state index contributed by atoms with van der Waals surface area (Å²) in [6.45, 7) is 7.03. The summed E-state index contributed by atoms with van der Waals surface area (Å²) in [5.74, 6) is 2.73. The summed E-state index contributed by atoms with van der Waals surface area (Å²) < 4.78 is 2.00. The second-order valence-electron chi connectivity index (χ2n) is 9.31. The largest absolute Gasteiger partial charge is 0.269 e. The van der Waals surface area contributed by atoms with Gasteiger partial charge in [0, 0.05) is 28.6 Å². The van der Waals surface area contributed by atoms with Crippen LogP contribution in [-0.2, 0) is 12.0 Å². The minimum atomic E-state index is 0.295. The zero-order valence-electron chi connectivity index (χ0n) is 17.0. The molecule has 4 saturated carbocycles. The Kier molecular flexibility index (Phi) is 4.24. The number of hydrogen-bond donors (Lipinski definition) is 0. The number of nitrogens with zero attached hydrogens (tertiary/aromatic N) is 4. The lowest BCUT2D eigenvalue weighted by Crippen LogP contribution is -2.48. The second-order valence-corrected chi connectivity index (χ2v) is 10.2. The van der Waals surface area contributed by atoms with Crippen molar-refractivity contribution in [2.45, 2.75) is 71.3 Å². The average Bonchev–Trinajstić information content (AvgIpc) is 3.25. The maximum atomic E-state index is 9.85. The lowest BCUT2D eigenvalue weighted by atomic mass is 9.49. The van der Waals surface area contributed by atoms with Crippen LogP contribution in [0.4, 0.5) is 0 Å². The maximum absolute atomic E-state index is 9.85. The average molecular weight is 393 g/mol. The van der Waals surface area contributed by atoms with Crippen LogP contribution in [0.15, 0.2) is 5.38 Å². The highest BCUT2D eigenvalue weighted by Gasteiger charge is 2.52. The van der Waals surface area contributed by atoms with Gasteiger partial charge in [0.1, 0.15) is 11.1 Å². The molecule has 0 radical (unpaired) electrons. The van der Waals surface area contributed by atoms with Crippen molar-refractivity contribution < 1.29 is 0 Å². The molecule has 28 heavy (non-hydrogen) atoms. The molecule has 4 nitrogen and oxygen atoms in total. The Morgan fingerprint density at radius 2 is 1.89 bits per heavy atom. The Morgan fingerprint density at radius 1 is 1.25 bits per heavy atom. The third-order valence-electron chi connectivity index (χ3n) is 7.46. The van der Waals surface area contributed by atoms with E-state index in [0.29, 0.717) is 11.0 Å². The summed E-state index contributed by atoms with van der Waals surface area (Å²) >= 11 is 1.65. The van der Waals surface area contributed by atoms with E-state index >= 15 is 0 Å². The van der Waals surface area contributed by atoms with E-state index in [-0.39, 0.29) is 0 Å². The summed E-state index contributed by atoms with van der Waals surface area (Å²) in [4.78, 5) is 5.05. The first-order chi connectivity index (χ1) is 13.5. The molecule has 0 aliphatic heterocycles. The van der Waals surface area contributed by atoms with Crippen LogP contribution in [0.1, 0.15) is 73.1 Å². The minimum Gasteiger partial charge on any atom is -0.269 e. The summed E-state index contributed by atoms with van der Waals surface area (Å²) in [5, 5.41) is 17.6. The first kappa shape index (κ1) is 18.1. The van der Waals surface area contributed by atoms with E-state index in [0.717, 1.165) is 46.3 Å². The molecule has 2 aromatic rings. The fourth-order valence-corrected chi connectivity index (χ4v) is 7.49. The Morgan fingerprint density at radius 3 is 2.43 bits per heavy atom. The molecule has 4 aliphatic carbocycles. The topological polar surface area (TPSA) is 54.5 Å². The van der Waals surface area contributed by atoms with Gasteiger partial charge in [0.25, 0.3) is 0 Å². The van der Waals surface area contributed by atoms with Gasteiger partial charge in [0.05, 0.1) is 17.0 Å². The standard InChI is InChI=1S/C23H28N4S/c1-4-27-15(3)20(14(2)26-27)8-19(12-24)22-25-21(13-28-22)23-9-16-5-17(10-23)7-18(6-16)11-23/h8,13,16-18H,4-7,9-11H2,1-3H3. The van der Waals surface area contributed by atoms with Gasteiger partial charge < -0.3 is 0 Å². The molecule has 4 aliphatic rings. The molecule has 5 heteroatoms. The molecule has 2 heterocycles. The smallest absolute Gasteiger partial charge is 0.134 e. The van der Waals surface area contributed by atoms with Gasteiger partial charge in [-0.1, -0.05) is 0 Å². The number of allylic oxidation sites excluding steroid dienone is 1. The Balaban J connectivity index is 1.49. The molecule has 146 valence electrons. The fourth-order valence-electron chi connectivity index (χ4n) is 6.58. The molecule has 4 fully saturated rings. The van der Waals surface area contributed by atoms with Crippen LogP contribution in [0.2, 0.25) is 0 Å². The van der Waals surface area contributed by atoms with Crippen LogP contribution < -0.4 is 0 Å². The zero-order chi connectivity index (χ0) is 19.5. The van der Waals surface area contributed by atoms with Crippen molar-refractivity contribution in [3.05, 3.63) is 33.0 Å². The number of rotatable bonds is 4. The van der Waals surface area contributed by atoms with E-state index in [1.54, 1.807) is 11.3 Å². The number of hydrogen-bond acceptors (Lipinski definition) is 4. The Labute approximate surface area is 171 Å². The van der Waals surface area contributed by atoms with Crippen molar-refractivity contribution >= 4 is 23.0 Å². The molecular weight excluding hydrogens is 364 g/mol. The van der Waals surface area contributed by atoms with E-state index < -0.39 is 0 Å². The molecule has 2 aromatic heterocycles. The maximum Gasteiger partial charge on any atom is 0.134 e. The molecule has 0 atom stereocenters. The predicted molar refractivity (Wildman–Crippen MR) is 113 cm³/mol. The molecule has 4 bridgehead atoms. The molecule has 0 unspecified atom stereocenters. The highest BCUT2D eigenvalue weighted by molar-refractivity contribution is 7.11. The van der Waals surface area contributed by atoms with E-state index in [4.69, 9.17) is 4.98 Å². The van der Waals surface area contributed by atoms with Crippen LogP contribution in [0.5, 0.6) is 0 Å². The van der Waals surface area contributed by atoms with E-state index in [9.17, 15) is 5.26 Å². The van der Waals surface area contributed by atoms with Gasteiger partial charge in [-0.15, -0.1) is 11.3 Å². The first-order valence-corrected chi connectivity index (χ1v) is 11.5. The van der Waals surface area contributed by atoms with Crippen LogP contribution in [0.3, 0.4) is 0 Å². The van der Waals surface area contributed by atoms with Crippen molar-refractivity contribution in [3.8, 4) is 6.07 Å². The zero-order valence-corrected chi connectivity index (χ0v) is 17.9. The summed E-state index contributed by atoms with van der Waals surface area (Å²) in [6.07, 6.45) is 10.3. The first-order valence-electron chi connectivity index (χ1n) is 10.6. The summed E-state index contributed by atoms with van der Waals surface area (Å²) in [6, 6.07) is 2.41. The molecule has 0 N–H and O–H groups in total. The van der Waals surface area contributed by atoms with Gasteiger partial charge in [-0.25, -0.2) is 4.98 Å². The van der Waals surface area contributed by atoms with Crippen LogP contribution in [0, 0.1) is 42.9 Å². The number of aromatic nitrogens is 3. The van der Waals surface area contributed by atoms with Gasteiger partial charge >= 0.3 is 0 Å². The Bertz CT molecular complexity index is 952. The lowest BCUT2D eigenvalue weighted by molar-refractivity contribution is -0.00694. The minimum absolute atomic E-state index is 0.295. The summed E-state index contributed by atoms with van der Waals surface area (Å²) in [5.41, 5.74) is 5.39. The second kappa shape index (κ2) is 6.56. The van der Waals surface area contributed by atoms with E-state index in [2.05, 4.69) is 30.4 Å². The molecular formula is C23H28N4S. The number of thiazole rings is 1. The fraction of sp³-hybridized carbons (Fsp3) is 0.609. The van der Waals surface area contributed by atoms with Gasteiger partial charge in [-0.05, 0) is 83.1 Å². The van der Waals surface area contributed by atoms with Gasteiger partial charge in [0.2, 0.25) is 0 Å². The van der Waals surface area contributed by atoms with E-state index in [1.165, 1.54) is 44.2 Å². The number of nitriles is 1. The SMILES string of the molecule is CCn1nc(C)c(C=C(C#N)c2nc(C34CC5CC(CC(C5)C3)C4)cs2)c1C. The molecule has 0 saturated heterocycles. The van der Waals surface area contributed by atoms with Crippen molar-refractivity contribution in [3.63, 3.8) is 0 Å². The predicted octanol–water partition coefficient (Wildman–Crippen LogP) is 5.51. The van der Waals surface area contributed by atoms with E-state index in [1.807, 2.05) is 17.7 Å². The third kappa shape index (κ3) is 2.76. The van der Waals surface area contributed by atoms with Crippen molar-refractivity contribution in [2.75, 3.05) is 0 Å². The monoisotopic (exact) mass is 392 g/mol. The van der Waals surface area contributed by atoms with Gasteiger partial charge in [-0.3, -0.25) is 4.68 Å².